The van der Waals surface area contributed by atoms with E-state index in [2.05, 4.69) is 9.69 Å². The molecule has 0 fully saturated rings. The molecule has 1 atom stereocenters. The number of hydrogen-bond acceptors (Lipinski definition) is 9. The van der Waals surface area contributed by atoms with Crippen molar-refractivity contribution >= 4 is 40.6 Å². The topological polar surface area (TPSA) is 159 Å². The van der Waals surface area contributed by atoms with Crippen LogP contribution in [0.1, 0.15) is 52.5 Å². The number of nitrogens with zero attached hydrogens (tertiary/aromatic N) is 2. The summed E-state index contributed by atoms with van der Waals surface area (Å²) >= 11 is 0.722. The van der Waals surface area contributed by atoms with Gasteiger partial charge in [-0.3, -0.25) is 19.3 Å². The Bertz CT molecular complexity index is 1350. The summed E-state index contributed by atoms with van der Waals surface area (Å²) in [7, 11) is 4.46. The van der Waals surface area contributed by atoms with Crippen molar-refractivity contribution in [3.8, 4) is 17.2 Å². The van der Waals surface area contributed by atoms with E-state index < -0.39 is 29.3 Å². The number of carbonyl (C=O) groups excluding carboxylic acids is 3. The molecule has 3 amide bonds. The van der Waals surface area contributed by atoms with Crippen molar-refractivity contribution in [1.82, 2.24) is 9.69 Å². The fourth-order valence-corrected chi connectivity index (χ4v) is 4.50. The van der Waals surface area contributed by atoms with Crippen molar-refractivity contribution < 1.29 is 28.6 Å². The number of rotatable bonds is 9. The highest BCUT2D eigenvalue weighted by Gasteiger charge is 2.37. The molecule has 0 saturated carbocycles. The van der Waals surface area contributed by atoms with Gasteiger partial charge in [0.25, 0.3) is 11.8 Å². The number of ether oxygens (including phenoxy) is 3. The zero-order valence-electron chi connectivity index (χ0n) is 22.0. The van der Waals surface area contributed by atoms with Crippen molar-refractivity contribution in [3.63, 3.8) is 0 Å². The summed E-state index contributed by atoms with van der Waals surface area (Å²) < 4.78 is 20.2. The third-order valence-corrected chi connectivity index (χ3v) is 6.28. The van der Waals surface area contributed by atoms with Crippen LogP contribution in [0.3, 0.4) is 0 Å². The van der Waals surface area contributed by atoms with Crippen LogP contribution in [-0.4, -0.2) is 49.0 Å². The second kappa shape index (κ2) is 11.4. The molecule has 1 unspecified atom stereocenters. The average molecular weight is 542 g/mol. The molecule has 2 aromatic carbocycles. The Kier molecular flexibility index (Phi) is 8.46. The Morgan fingerprint density at radius 1 is 1.00 bits per heavy atom. The molecule has 0 spiro atoms. The molecular weight excluding hydrogens is 510 g/mol. The molecule has 0 bridgehead atoms. The monoisotopic (exact) mass is 541 g/mol. The molecule has 0 aliphatic rings. The maximum Gasteiger partial charge on any atom is 0.273 e. The Morgan fingerprint density at radius 3 is 2.24 bits per heavy atom. The van der Waals surface area contributed by atoms with Gasteiger partial charge in [0, 0.05) is 17.3 Å². The van der Waals surface area contributed by atoms with E-state index in [0.717, 1.165) is 11.5 Å². The number of amides is 3. The van der Waals surface area contributed by atoms with Crippen molar-refractivity contribution in [1.29, 1.82) is 0 Å². The third-order valence-electron chi connectivity index (χ3n) is 5.43. The molecule has 202 valence electrons. The van der Waals surface area contributed by atoms with Crippen LogP contribution in [-0.2, 0) is 4.79 Å². The van der Waals surface area contributed by atoms with Gasteiger partial charge in [-0.05, 0) is 62.1 Å². The van der Waals surface area contributed by atoms with Gasteiger partial charge >= 0.3 is 0 Å². The first kappa shape index (κ1) is 28.3. The van der Waals surface area contributed by atoms with Crippen LogP contribution in [0, 0.1) is 0 Å². The smallest absolute Gasteiger partial charge is 0.273 e. The van der Waals surface area contributed by atoms with Crippen LogP contribution < -0.4 is 35.9 Å². The normalized spacial score (nSPS) is 11.8. The second-order valence-corrected chi connectivity index (χ2v) is 10.0. The standard InChI is InChI=1S/C26H31N5O6S/c1-26(2,3)29-24(33)21(14-10-11-17(36-5)18(12-14)37-6)31(15-8-7-9-16(13-15)35-4)25(34)22-19(27)20(23(28)32)30-38-22/h7-13,21H,27H2,1-6H3,(H2,28,32)(H,29,33). The number of nitrogens with two attached hydrogens (primary N) is 2. The molecule has 1 aromatic heterocycles. The van der Waals surface area contributed by atoms with E-state index in [0.29, 0.717) is 28.5 Å². The molecule has 0 aliphatic carbocycles. The lowest BCUT2D eigenvalue weighted by molar-refractivity contribution is -0.123. The third kappa shape index (κ3) is 5.97. The number of nitrogens with one attached hydrogen (secondary N) is 1. The van der Waals surface area contributed by atoms with Gasteiger partial charge in [0.1, 0.15) is 16.7 Å². The fourth-order valence-electron chi connectivity index (χ4n) is 3.76. The number of anilines is 2. The van der Waals surface area contributed by atoms with E-state index in [1.807, 2.05) is 20.8 Å². The molecule has 11 nitrogen and oxygen atoms in total. The molecule has 38 heavy (non-hydrogen) atoms. The summed E-state index contributed by atoms with van der Waals surface area (Å²) in [6.07, 6.45) is 0. The molecule has 3 aromatic rings. The fraction of sp³-hybridized carbons (Fsp3) is 0.308. The average Bonchev–Trinajstić information content (AvgIpc) is 3.26. The number of nitrogen functional groups attached to an aromatic ring is 1. The number of hydrogen-bond donors (Lipinski definition) is 3. The van der Waals surface area contributed by atoms with Gasteiger partial charge in [0.2, 0.25) is 5.91 Å². The van der Waals surface area contributed by atoms with Crippen molar-refractivity contribution in [2.24, 2.45) is 5.73 Å². The van der Waals surface area contributed by atoms with Gasteiger partial charge in [-0.15, -0.1) is 0 Å². The molecule has 0 saturated heterocycles. The molecule has 5 N–H and O–H groups in total. The Morgan fingerprint density at radius 2 is 1.68 bits per heavy atom. The Hall–Kier alpha value is -4.32. The van der Waals surface area contributed by atoms with E-state index in [1.165, 1.54) is 26.2 Å². The summed E-state index contributed by atoms with van der Waals surface area (Å²) in [4.78, 5) is 41.1. The van der Waals surface area contributed by atoms with E-state index in [4.69, 9.17) is 25.7 Å². The number of benzene rings is 2. The van der Waals surface area contributed by atoms with Gasteiger partial charge in [0.05, 0.1) is 27.0 Å². The predicted octanol–water partition coefficient (Wildman–Crippen LogP) is 3.15. The van der Waals surface area contributed by atoms with Gasteiger partial charge < -0.3 is 31.0 Å². The van der Waals surface area contributed by atoms with Gasteiger partial charge in [-0.2, -0.15) is 4.37 Å². The summed E-state index contributed by atoms with van der Waals surface area (Å²) in [6, 6.07) is 10.4. The minimum absolute atomic E-state index is 0.0457. The van der Waals surface area contributed by atoms with Gasteiger partial charge in [-0.25, -0.2) is 0 Å². The van der Waals surface area contributed by atoms with E-state index >= 15 is 0 Å². The number of primary amides is 1. The lowest BCUT2D eigenvalue weighted by Crippen LogP contribution is -2.49. The summed E-state index contributed by atoms with van der Waals surface area (Å²) in [5, 5.41) is 2.95. The minimum atomic E-state index is -1.20. The highest BCUT2D eigenvalue weighted by atomic mass is 32.1. The first-order valence-electron chi connectivity index (χ1n) is 11.5. The summed E-state index contributed by atoms with van der Waals surface area (Å²) in [6.45, 7) is 5.48. The van der Waals surface area contributed by atoms with Crippen LogP contribution in [0.4, 0.5) is 11.4 Å². The quantitative estimate of drug-likeness (QED) is 0.373. The highest BCUT2D eigenvalue weighted by molar-refractivity contribution is 7.09. The van der Waals surface area contributed by atoms with Gasteiger partial charge in [-0.1, -0.05) is 12.1 Å². The highest BCUT2D eigenvalue weighted by Crippen LogP contribution is 2.37. The Labute approximate surface area is 224 Å². The number of carbonyl (C=O) groups is 3. The zero-order valence-corrected chi connectivity index (χ0v) is 22.8. The lowest BCUT2D eigenvalue weighted by atomic mass is 9.99. The second-order valence-electron chi connectivity index (χ2n) is 9.27. The maximum atomic E-state index is 14.2. The largest absolute Gasteiger partial charge is 0.497 e. The zero-order chi connectivity index (χ0) is 28.2. The molecule has 0 radical (unpaired) electrons. The SMILES string of the molecule is COc1cccc(N(C(=O)c2snc(C(N)=O)c2N)C(C(=O)NC(C)(C)C)c2ccc(OC)c(OC)c2)c1. The van der Waals surface area contributed by atoms with Crippen molar-refractivity contribution in [2.45, 2.75) is 32.4 Å². The number of aromatic nitrogens is 1. The molecular formula is C26H31N5O6S. The van der Waals surface area contributed by atoms with Crippen LogP contribution in [0.2, 0.25) is 0 Å². The van der Waals surface area contributed by atoms with Crippen LogP contribution >= 0.6 is 11.5 Å². The van der Waals surface area contributed by atoms with Crippen LogP contribution in [0.15, 0.2) is 42.5 Å². The van der Waals surface area contributed by atoms with E-state index in [9.17, 15) is 14.4 Å². The van der Waals surface area contributed by atoms with Crippen molar-refractivity contribution in [3.05, 3.63) is 58.6 Å². The van der Waals surface area contributed by atoms with Crippen LogP contribution in [0.5, 0.6) is 17.2 Å². The summed E-state index contributed by atoms with van der Waals surface area (Å²) in [5.41, 5.74) is 11.3. The van der Waals surface area contributed by atoms with Crippen molar-refractivity contribution in [2.75, 3.05) is 32.0 Å². The van der Waals surface area contributed by atoms with Gasteiger partial charge in [0.15, 0.2) is 17.2 Å². The number of methoxy groups -OCH3 is 3. The molecule has 1 heterocycles. The Balaban J connectivity index is 2.31. The minimum Gasteiger partial charge on any atom is -0.497 e. The first-order chi connectivity index (χ1) is 17.9. The van der Waals surface area contributed by atoms with E-state index in [-0.39, 0.29) is 16.3 Å². The predicted molar refractivity (Wildman–Crippen MR) is 145 cm³/mol. The lowest BCUT2D eigenvalue weighted by Gasteiger charge is -2.34. The van der Waals surface area contributed by atoms with E-state index in [1.54, 1.807) is 42.5 Å². The van der Waals surface area contributed by atoms with Crippen LogP contribution in [0.25, 0.3) is 0 Å². The maximum absolute atomic E-state index is 14.2. The molecule has 3 rings (SSSR count). The first-order valence-corrected chi connectivity index (χ1v) is 12.3. The summed E-state index contributed by atoms with van der Waals surface area (Å²) in [5.74, 6) is -0.734. The molecule has 0 aliphatic heterocycles. The molecule has 12 heteroatoms.